The van der Waals surface area contributed by atoms with Crippen LogP contribution in [0.2, 0.25) is 0 Å². The number of ether oxygens (including phenoxy) is 1. The number of carbonyl (C=O) groups excluding carboxylic acids is 1. The molecule has 92 valence electrons. The quantitative estimate of drug-likeness (QED) is 0.533. The number of hydrogen-bond acceptors (Lipinski definition) is 2. The van der Waals surface area contributed by atoms with E-state index in [9.17, 15) is 4.79 Å². The van der Waals surface area contributed by atoms with Crippen LogP contribution in [0.15, 0.2) is 36.1 Å². The number of rotatable bonds is 2. The van der Waals surface area contributed by atoms with Crippen LogP contribution in [0.3, 0.4) is 0 Å². The summed E-state index contributed by atoms with van der Waals surface area (Å²) in [5, 5.41) is 0. The minimum atomic E-state index is -0.302. The summed E-state index contributed by atoms with van der Waals surface area (Å²) >= 11 is 0. The highest BCUT2D eigenvalue weighted by Gasteiger charge is 2.37. The molecular weight excluding hydrogens is 212 g/mol. The predicted molar refractivity (Wildman–Crippen MR) is 68.3 cm³/mol. The predicted octanol–water partition coefficient (Wildman–Crippen LogP) is 3.90. The van der Waals surface area contributed by atoms with Crippen molar-refractivity contribution in [3.8, 4) is 0 Å². The first-order valence-electron chi connectivity index (χ1n) is 6.42. The Labute approximate surface area is 103 Å². The van der Waals surface area contributed by atoms with Gasteiger partial charge in [-0.25, -0.2) is 4.79 Å². The van der Waals surface area contributed by atoms with Gasteiger partial charge in [0.15, 0.2) is 0 Å². The van der Waals surface area contributed by atoms with E-state index >= 15 is 0 Å². The Balaban J connectivity index is 2.12. The van der Waals surface area contributed by atoms with Crippen LogP contribution < -0.4 is 0 Å². The lowest BCUT2D eigenvalue weighted by Crippen LogP contribution is -2.22. The summed E-state index contributed by atoms with van der Waals surface area (Å²) in [7, 11) is 0. The third-order valence-corrected chi connectivity index (χ3v) is 3.70. The summed E-state index contributed by atoms with van der Waals surface area (Å²) in [6, 6.07) is 0. The summed E-state index contributed by atoms with van der Waals surface area (Å²) in [4.78, 5) is 11.6. The van der Waals surface area contributed by atoms with Crippen molar-refractivity contribution in [1.82, 2.24) is 0 Å². The lowest BCUT2D eigenvalue weighted by Gasteiger charge is -2.28. The third kappa shape index (κ3) is 2.51. The summed E-state index contributed by atoms with van der Waals surface area (Å²) in [6.07, 6.45) is 13.4. The molecule has 0 aromatic heterocycles. The fraction of sp³-hybridized carbons (Fsp3) is 0.533. The standard InChI is InChI=1S/C15H20O2/c1-12(2)14(16)17-13-8-7-11-15(13)9-5-3-4-6-10-15/h7-8,11H,1,3-6,9-10H2,2H3. The Bertz CT molecular complexity index is 380. The summed E-state index contributed by atoms with van der Waals surface area (Å²) < 4.78 is 5.48. The summed E-state index contributed by atoms with van der Waals surface area (Å²) in [5.41, 5.74) is 0.447. The van der Waals surface area contributed by atoms with Crippen LogP contribution in [0.1, 0.15) is 45.4 Å². The zero-order chi connectivity index (χ0) is 12.3. The van der Waals surface area contributed by atoms with Crippen LogP contribution in [0.4, 0.5) is 0 Å². The first-order chi connectivity index (χ1) is 8.14. The Morgan fingerprint density at radius 3 is 2.53 bits per heavy atom. The third-order valence-electron chi connectivity index (χ3n) is 3.70. The number of allylic oxidation sites excluding steroid dienone is 3. The highest BCUT2D eigenvalue weighted by atomic mass is 16.5. The topological polar surface area (TPSA) is 26.3 Å². The van der Waals surface area contributed by atoms with Crippen LogP contribution in [-0.2, 0) is 9.53 Å². The number of carbonyl (C=O) groups is 1. The molecule has 2 rings (SSSR count). The Hall–Kier alpha value is -1.31. The molecule has 0 amide bonds. The molecule has 17 heavy (non-hydrogen) atoms. The average molecular weight is 232 g/mol. The van der Waals surface area contributed by atoms with Crippen molar-refractivity contribution < 1.29 is 9.53 Å². The van der Waals surface area contributed by atoms with Gasteiger partial charge in [-0.05, 0) is 25.8 Å². The molecule has 0 N–H and O–H groups in total. The fourth-order valence-electron chi connectivity index (χ4n) is 2.66. The van der Waals surface area contributed by atoms with Crippen LogP contribution in [0.25, 0.3) is 0 Å². The second-order valence-electron chi connectivity index (χ2n) is 5.13. The highest BCUT2D eigenvalue weighted by Crippen LogP contribution is 2.45. The molecule has 0 bridgehead atoms. The van der Waals surface area contributed by atoms with Crippen LogP contribution in [-0.4, -0.2) is 5.97 Å². The van der Waals surface area contributed by atoms with Crippen molar-refractivity contribution in [3.63, 3.8) is 0 Å². The van der Waals surface area contributed by atoms with E-state index in [1.807, 2.05) is 12.2 Å². The molecule has 1 saturated carbocycles. The first-order valence-corrected chi connectivity index (χ1v) is 6.42. The van der Waals surface area contributed by atoms with Crippen molar-refractivity contribution in [2.45, 2.75) is 45.4 Å². The maximum atomic E-state index is 11.6. The average Bonchev–Trinajstić information content (AvgIpc) is 2.52. The van der Waals surface area contributed by atoms with Crippen molar-refractivity contribution in [1.29, 1.82) is 0 Å². The number of esters is 1. The Morgan fingerprint density at radius 2 is 1.94 bits per heavy atom. The van der Waals surface area contributed by atoms with E-state index in [4.69, 9.17) is 4.74 Å². The van der Waals surface area contributed by atoms with E-state index < -0.39 is 0 Å². The lowest BCUT2D eigenvalue weighted by atomic mass is 9.80. The lowest BCUT2D eigenvalue weighted by molar-refractivity contribution is -0.136. The molecule has 0 saturated heterocycles. The van der Waals surface area contributed by atoms with E-state index in [1.165, 1.54) is 25.7 Å². The Morgan fingerprint density at radius 1 is 1.29 bits per heavy atom. The fourth-order valence-corrected chi connectivity index (χ4v) is 2.66. The molecule has 0 aromatic rings. The van der Waals surface area contributed by atoms with E-state index in [1.54, 1.807) is 6.92 Å². The molecule has 0 heterocycles. The molecule has 0 aromatic carbocycles. The monoisotopic (exact) mass is 232 g/mol. The largest absolute Gasteiger partial charge is 0.427 e. The zero-order valence-electron chi connectivity index (χ0n) is 10.5. The summed E-state index contributed by atoms with van der Waals surface area (Å²) in [6.45, 7) is 5.31. The van der Waals surface area contributed by atoms with Gasteiger partial charge in [0.05, 0.1) is 0 Å². The molecule has 0 unspecified atom stereocenters. The van der Waals surface area contributed by atoms with Crippen molar-refractivity contribution >= 4 is 5.97 Å². The maximum Gasteiger partial charge on any atom is 0.338 e. The molecule has 0 atom stereocenters. The van der Waals surface area contributed by atoms with Gasteiger partial charge in [-0.15, -0.1) is 0 Å². The van der Waals surface area contributed by atoms with Crippen molar-refractivity contribution in [2.24, 2.45) is 5.41 Å². The Kier molecular flexibility index (Phi) is 3.51. The van der Waals surface area contributed by atoms with Crippen molar-refractivity contribution in [3.05, 3.63) is 36.1 Å². The van der Waals surface area contributed by atoms with Gasteiger partial charge in [-0.3, -0.25) is 0 Å². The van der Waals surface area contributed by atoms with Gasteiger partial charge in [-0.1, -0.05) is 44.4 Å². The molecule has 0 aliphatic heterocycles. The van der Waals surface area contributed by atoms with Crippen LogP contribution >= 0.6 is 0 Å². The molecule has 2 nitrogen and oxygen atoms in total. The van der Waals surface area contributed by atoms with Gasteiger partial charge >= 0.3 is 5.97 Å². The van der Waals surface area contributed by atoms with Gasteiger partial charge in [0.1, 0.15) is 5.76 Å². The molecule has 1 spiro atoms. The molecule has 2 aliphatic rings. The van der Waals surface area contributed by atoms with Crippen LogP contribution in [0.5, 0.6) is 0 Å². The smallest absolute Gasteiger partial charge is 0.338 e. The zero-order valence-corrected chi connectivity index (χ0v) is 10.5. The van der Waals surface area contributed by atoms with E-state index in [0.29, 0.717) is 5.57 Å². The number of hydrogen-bond donors (Lipinski definition) is 0. The highest BCUT2D eigenvalue weighted by molar-refractivity contribution is 5.87. The molecule has 0 radical (unpaired) electrons. The van der Waals surface area contributed by atoms with Crippen LogP contribution in [0, 0.1) is 5.41 Å². The SMILES string of the molecule is C=C(C)C(=O)OC1=CC=CC12CCCCCC2. The second kappa shape index (κ2) is 4.91. The minimum absolute atomic E-state index is 0.0123. The van der Waals surface area contributed by atoms with E-state index in [-0.39, 0.29) is 11.4 Å². The van der Waals surface area contributed by atoms with Gasteiger partial charge < -0.3 is 4.74 Å². The molecule has 2 heteroatoms. The van der Waals surface area contributed by atoms with E-state index in [2.05, 4.69) is 12.7 Å². The van der Waals surface area contributed by atoms with Gasteiger partial charge in [0.2, 0.25) is 0 Å². The molecule has 2 aliphatic carbocycles. The maximum absolute atomic E-state index is 11.6. The normalized spacial score (nSPS) is 22.1. The minimum Gasteiger partial charge on any atom is -0.427 e. The summed E-state index contributed by atoms with van der Waals surface area (Å²) in [5.74, 6) is 0.524. The molecular formula is C15H20O2. The van der Waals surface area contributed by atoms with Gasteiger partial charge in [-0.2, -0.15) is 0 Å². The van der Waals surface area contributed by atoms with Gasteiger partial charge in [0, 0.05) is 11.0 Å². The van der Waals surface area contributed by atoms with E-state index in [0.717, 1.165) is 18.6 Å². The second-order valence-corrected chi connectivity index (χ2v) is 5.13. The first kappa shape index (κ1) is 12.2. The van der Waals surface area contributed by atoms with Gasteiger partial charge in [0.25, 0.3) is 0 Å². The molecule has 1 fully saturated rings. The van der Waals surface area contributed by atoms with Crippen molar-refractivity contribution in [2.75, 3.05) is 0 Å².